The van der Waals surface area contributed by atoms with Crippen LogP contribution in [0.4, 0.5) is 0 Å². The number of rotatable bonds is 4. The number of benzene rings is 5. The molecule has 0 saturated heterocycles. The maximum Gasteiger partial charge on any atom is 0.160 e. The Labute approximate surface area is 232 Å². The third-order valence-electron chi connectivity index (χ3n) is 7.74. The van der Waals surface area contributed by atoms with Gasteiger partial charge in [0.1, 0.15) is 0 Å². The zero-order chi connectivity index (χ0) is 26.5. The smallest absolute Gasteiger partial charge is 0.160 e. The van der Waals surface area contributed by atoms with Gasteiger partial charge in [0, 0.05) is 34.6 Å². The highest BCUT2D eigenvalue weighted by Crippen LogP contribution is 2.49. The minimum absolute atomic E-state index is 0.714. The second-order valence-electron chi connectivity index (χ2n) is 10.1. The van der Waals surface area contributed by atoms with E-state index in [2.05, 4.69) is 108 Å². The molecule has 0 spiro atoms. The lowest BCUT2D eigenvalue weighted by Gasteiger charge is -2.13. The van der Waals surface area contributed by atoms with Gasteiger partial charge < -0.3 is 0 Å². The summed E-state index contributed by atoms with van der Waals surface area (Å²) < 4.78 is 0. The van der Waals surface area contributed by atoms with Crippen LogP contribution in [0.5, 0.6) is 0 Å². The molecule has 8 rings (SSSR count). The molecule has 2 heterocycles. The molecule has 0 saturated carbocycles. The highest BCUT2D eigenvalue weighted by atomic mass is 14.9. The molecule has 2 aromatic heterocycles. The van der Waals surface area contributed by atoms with Crippen molar-refractivity contribution in [3.05, 3.63) is 140 Å². The molecule has 0 bridgehead atoms. The lowest BCUT2D eigenvalue weighted by atomic mass is 9.95. The van der Waals surface area contributed by atoms with Crippen molar-refractivity contribution in [2.45, 2.75) is 0 Å². The van der Waals surface area contributed by atoms with Crippen molar-refractivity contribution in [3.63, 3.8) is 0 Å². The number of hydrogen-bond donors (Lipinski definition) is 0. The van der Waals surface area contributed by atoms with Crippen LogP contribution in [-0.2, 0) is 0 Å². The van der Waals surface area contributed by atoms with Crippen molar-refractivity contribution in [2.24, 2.45) is 0 Å². The summed E-state index contributed by atoms with van der Waals surface area (Å²) in [7, 11) is 0. The van der Waals surface area contributed by atoms with E-state index in [1.54, 1.807) is 6.20 Å². The first-order valence-corrected chi connectivity index (χ1v) is 13.4. The summed E-state index contributed by atoms with van der Waals surface area (Å²) in [6.07, 6.45) is 3.69. The molecule has 0 aliphatic heterocycles. The van der Waals surface area contributed by atoms with E-state index in [0.29, 0.717) is 5.82 Å². The van der Waals surface area contributed by atoms with Crippen molar-refractivity contribution in [1.29, 1.82) is 0 Å². The molecule has 0 amide bonds. The lowest BCUT2D eigenvalue weighted by molar-refractivity contribution is 1.18. The third-order valence-corrected chi connectivity index (χ3v) is 7.74. The van der Waals surface area contributed by atoms with Crippen LogP contribution < -0.4 is 0 Å². The van der Waals surface area contributed by atoms with Crippen LogP contribution in [0.2, 0.25) is 0 Å². The molecule has 0 radical (unpaired) electrons. The minimum Gasteiger partial charge on any atom is -0.264 e. The van der Waals surface area contributed by atoms with Crippen LogP contribution in [0.3, 0.4) is 0 Å². The van der Waals surface area contributed by atoms with Gasteiger partial charge in [-0.25, -0.2) is 9.97 Å². The van der Waals surface area contributed by atoms with Gasteiger partial charge in [-0.3, -0.25) is 4.98 Å². The van der Waals surface area contributed by atoms with Crippen molar-refractivity contribution < 1.29 is 0 Å². The lowest BCUT2D eigenvalue weighted by Crippen LogP contribution is -1.96. The summed E-state index contributed by atoms with van der Waals surface area (Å²) in [4.78, 5) is 14.5. The van der Waals surface area contributed by atoms with Gasteiger partial charge in [-0.1, -0.05) is 109 Å². The van der Waals surface area contributed by atoms with Gasteiger partial charge >= 0.3 is 0 Å². The summed E-state index contributed by atoms with van der Waals surface area (Å²) >= 11 is 0. The first-order chi connectivity index (χ1) is 19.8. The van der Waals surface area contributed by atoms with Crippen molar-refractivity contribution >= 4 is 10.8 Å². The molecule has 0 unspecified atom stereocenters. The molecule has 1 aliphatic carbocycles. The molecule has 0 fully saturated rings. The fourth-order valence-corrected chi connectivity index (χ4v) is 5.87. The molecule has 3 heteroatoms. The number of aromatic nitrogens is 3. The van der Waals surface area contributed by atoms with E-state index >= 15 is 0 Å². The minimum atomic E-state index is 0.714. The van der Waals surface area contributed by atoms with Crippen LogP contribution in [0.25, 0.3) is 78.1 Å². The Kier molecular flexibility index (Phi) is 5.14. The molecule has 1 aliphatic rings. The van der Waals surface area contributed by atoms with E-state index in [1.807, 2.05) is 30.5 Å². The Morgan fingerprint density at radius 3 is 1.88 bits per heavy atom. The Morgan fingerprint density at radius 1 is 0.400 bits per heavy atom. The summed E-state index contributed by atoms with van der Waals surface area (Å²) in [6, 6.07) is 44.6. The second kappa shape index (κ2) is 9.11. The van der Waals surface area contributed by atoms with Gasteiger partial charge in [0.25, 0.3) is 0 Å². The number of hydrogen-bond acceptors (Lipinski definition) is 3. The monoisotopic (exact) mass is 509 g/mol. The molecule has 0 N–H and O–H groups in total. The van der Waals surface area contributed by atoms with E-state index in [9.17, 15) is 0 Å². The number of pyridine rings is 1. The highest BCUT2D eigenvalue weighted by Gasteiger charge is 2.23. The molecular formula is C37H23N3. The van der Waals surface area contributed by atoms with E-state index in [0.717, 1.165) is 39.2 Å². The summed E-state index contributed by atoms with van der Waals surface area (Å²) in [6.45, 7) is 0. The summed E-state index contributed by atoms with van der Waals surface area (Å²) in [5, 5.41) is 2.50. The zero-order valence-electron chi connectivity index (χ0n) is 21.6. The molecule has 0 atom stereocenters. The zero-order valence-corrected chi connectivity index (χ0v) is 21.6. The topological polar surface area (TPSA) is 38.7 Å². The highest BCUT2D eigenvalue weighted by molar-refractivity contribution is 6.18. The van der Waals surface area contributed by atoms with Crippen molar-refractivity contribution in [1.82, 2.24) is 15.0 Å². The summed E-state index contributed by atoms with van der Waals surface area (Å²) in [5.41, 5.74) is 12.3. The van der Waals surface area contributed by atoms with Gasteiger partial charge in [-0.15, -0.1) is 0 Å². The number of nitrogens with zero attached hydrogens (tertiary/aromatic N) is 3. The second-order valence-corrected chi connectivity index (χ2v) is 10.1. The van der Waals surface area contributed by atoms with Crippen LogP contribution in [-0.4, -0.2) is 15.0 Å². The van der Waals surface area contributed by atoms with Gasteiger partial charge in [-0.05, 0) is 56.8 Å². The van der Waals surface area contributed by atoms with Crippen molar-refractivity contribution in [2.75, 3.05) is 0 Å². The fraction of sp³-hybridized carbons (Fsp3) is 0. The van der Waals surface area contributed by atoms with E-state index in [-0.39, 0.29) is 0 Å². The molecular weight excluding hydrogens is 486 g/mol. The SMILES string of the molecule is c1ccc(-c2nc(-c3cccc(-c4cccnc4)c3)cc(-c3ccc4c5c(cccc35)-c3ccccc3-4)n2)cc1. The van der Waals surface area contributed by atoms with Gasteiger partial charge in [0.2, 0.25) is 0 Å². The van der Waals surface area contributed by atoms with Crippen molar-refractivity contribution in [3.8, 4) is 67.3 Å². The molecule has 3 nitrogen and oxygen atoms in total. The van der Waals surface area contributed by atoms with Crippen LogP contribution in [0.1, 0.15) is 0 Å². The maximum absolute atomic E-state index is 5.14. The van der Waals surface area contributed by atoms with E-state index in [1.165, 1.54) is 33.0 Å². The number of fused-ring (bicyclic) bond motifs is 3. The Hall–Kier alpha value is -5.41. The van der Waals surface area contributed by atoms with Gasteiger partial charge in [-0.2, -0.15) is 0 Å². The predicted molar refractivity (Wildman–Crippen MR) is 164 cm³/mol. The molecule has 5 aromatic carbocycles. The van der Waals surface area contributed by atoms with Crippen LogP contribution in [0.15, 0.2) is 140 Å². The Morgan fingerprint density at radius 2 is 1.05 bits per heavy atom. The standard InChI is InChI=1S/C37H23N3/c1-2-9-24(10-3-1)37-39-34(26-12-6-11-25(21-26)27-13-8-20-38-23-27)22-35(40-37)30-18-19-33-29-15-5-4-14-28(29)31-16-7-17-32(30)36(31)33/h1-23H. The predicted octanol–water partition coefficient (Wildman–Crippen LogP) is 9.34. The quantitative estimate of drug-likeness (QED) is 0.237. The van der Waals surface area contributed by atoms with Crippen LogP contribution >= 0.6 is 0 Å². The van der Waals surface area contributed by atoms with Gasteiger partial charge in [0.15, 0.2) is 5.82 Å². The maximum atomic E-state index is 5.14. The third kappa shape index (κ3) is 3.63. The van der Waals surface area contributed by atoms with Crippen LogP contribution in [0, 0.1) is 0 Å². The average molecular weight is 510 g/mol. The van der Waals surface area contributed by atoms with E-state index < -0.39 is 0 Å². The Bertz CT molecular complexity index is 2020. The average Bonchev–Trinajstić information content (AvgIpc) is 3.37. The summed E-state index contributed by atoms with van der Waals surface area (Å²) in [5.74, 6) is 0.714. The van der Waals surface area contributed by atoms with Gasteiger partial charge in [0.05, 0.1) is 11.4 Å². The Balaban J connectivity index is 1.35. The largest absolute Gasteiger partial charge is 0.264 e. The fourth-order valence-electron chi connectivity index (χ4n) is 5.87. The first kappa shape index (κ1) is 22.6. The molecule has 40 heavy (non-hydrogen) atoms. The molecule has 186 valence electrons. The normalized spacial score (nSPS) is 11.5. The van der Waals surface area contributed by atoms with E-state index in [4.69, 9.17) is 9.97 Å². The first-order valence-electron chi connectivity index (χ1n) is 13.4. The molecule has 7 aromatic rings.